The summed E-state index contributed by atoms with van der Waals surface area (Å²) < 4.78 is 10.3. The molecular formula is C14H19NO3. The number of hydrogen-bond acceptors (Lipinski definition) is 4. The van der Waals surface area contributed by atoms with E-state index in [0.29, 0.717) is 13.2 Å². The van der Waals surface area contributed by atoms with E-state index in [1.54, 1.807) is 13.0 Å². The average molecular weight is 249 g/mol. The Morgan fingerprint density at radius 2 is 2.17 bits per heavy atom. The lowest BCUT2D eigenvalue weighted by Crippen LogP contribution is -2.08. The van der Waals surface area contributed by atoms with Crippen LogP contribution in [0.5, 0.6) is 5.75 Å². The summed E-state index contributed by atoms with van der Waals surface area (Å²) in [5.41, 5.74) is 1.07. The van der Waals surface area contributed by atoms with Crippen LogP contribution in [-0.2, 0) is 9.53 Å². The van der Waals surface area contributed by atoms with Crippen LogP contribution in [0.1, 0.15) is 6.92 Å². The van der Waals surface area contributed by atoms with Crippen LogP contribution < -0.4 is 9.64 Å². The van der Waals surface area contributed by atoms with Crippen molar-refractivity contribution in [1.82, 2.24) is 0 Å². The van der Waals surface area contributed by atoms with Gasteiger partial charge in [0.1, 0.15) is 12.4 Å². The number of nitrogens with zero attached hydrogens (tertiary/aromatic N) is 1. The van der Waals surface area contributed by atoms with E-state index in [9.17, 15) is 4.79 Å². The molecule has 0 fully saturated rings. The molecule has 18 heavy (non-hydrogen) atoms. The Bertz CT molecular complexity index is 413. The first-order chi connectivity index (χ1) is 8.63. The highest BCUT2D eigenvalue weighted by molar-refractivity contribution is 5.81. The second kappa shape index (κ2) is 7.37. The first kappa shape index (κ1) is 14.1. The Hall–Kier alpha value is -1.97. The minimum Gasteiger partial charge on any atom is -0.489 e. The van der Waals surface area contributed by atoms with Crippen molar-refractivity contribution in [1.29, 1.82) is 0 Å². The van der Waals surface area contributed by atoms with Crippen LogP contribution in [0, 0.1) is 0 Å². The molecule has 0 aliphatic heterocycles. The number of anilines is 1. The van der Waals surface area contributed by atoms with Gasteiger partial charge in [-0.1, -0.05) is 6.07 Å². The first-order valence-electron chi connectivity index (χ1n) is 5.87. The average Bonchev–Trinajstić information content (AvgIpc) is 2.35. The normalized spacial score (nSPS) is 10.4. The molecule has 1 aromatic rings. The molecule has 0 heterocycles. The lowest BCUT2D eigenvalue weighted by Gasteiger charge is -2.13. The molecule has 0 amide bonds. The van der Waals surface area contributed by atoms with Crippen LogP contribution in [0.4, 0.5) is 5.69 Å². The van der Waals surface area contributed by atoms with Gasteiger partial charge in [-0.25, -0.2) is 4.79 Å². The number of carbonyl (C=O) groups is 1. The van der Waals surface area contributed by atoms with Gasteiger partial charge >= 0.3 is 5.97 Å². The summed E-state index contributed by atoms with van der Waals surface area (Å²) >= 11 is 0. The maximum atomic E-state index is 11.0. The predicted octanol–water partition coefficient (Wildman–Crippen LogP) is 2.25. The molecular weight excluding hydrogens is 230 g/mol. The number of hydrogen-bond donors (Lipinski definition) is 0. The monoisotopic (exact) mass is 249 g/mol. The molecule has 1 aromatic carbocycles. The molecule has 0 unspecified atom stereocenters. The summed E-state index contributed by atoms with van der Waals surface area (Å²) in [5.74, 6) is 0.429. The summed E-state index contributed by atoms with van der Waals surface area (Å²) in [6, 6.07) is 7.75. The van der Waals surface area contributed by atoms with E-state index < -0.39 is 0 Å². The molecule has 0 bridgehead atoms. The van der Waals surface area contributed by atoms with Gasteiger partial charge in [0.25, 0.3) is 0 Å². The Morgan fingerprint density at radius 3 is 2.83 bits per heavy atom. The summed E-state index contributed by atoms with van der Waals surface area (Å²) in [4.78, 5) is 13.0. The molecule has 0 saturated carbocycles. The van der Waals surface area contributed by atoms with Crippen molar-refractivity contribution in [3.8, 4) is 5.75 Å². The van der Waals surface area contributed by atoms with Crippen molar-refractivity contribution >= 4 is 11.7 Å². The zero-order valence-corrected chi connectivity index (χ0v) is 11.1. The summed E-state index contributed by atoms with van der Waals surface area (Å²) in [6.07, 6.45) is 3.01. The zero-order valence-electron chi connectivity index (χ0n) is 11.1. The molecule has 4 nitrogen and oxygen atoms in total. The van der Waals surface area contributed by atoms with Gasteiger partial charge in [0.15, 0.2) is 0 Å². The van der Waals surface area contributed by atoms with Crippen molar-refractivity contribution in [3.05, 3.63) is 36.4 Å². The van der Waals surface area contributed by atoms with Gasteiger partial charge in [0.2, 0.25) is 0 Å². The van der Waals surface area contributed by atoms with Crippen LogP contribution in [0.15, 0.2) is 36.4 Å². The highest BCUT2D eigenvalue weighted by Gasteiger charge is 1.98. The largest absolute Gasteiger partial charge is 0.489 e. The van der Waals surface area contributed by atoms with E-state index >= 15 is 0 Å². The van der Waals surface area contributed by atoms with Crippen LogP contribution in [0.2, 0.25) is 0 Å². The van der Waals surface area contributed by atoms with E-state index in [0.717, 1.165) is 11.4 Å². The van der Waals surface area contributed by atoms with Gasteiger partial charge in [0, 0.05) is 31.9 Å². The van der Waals surface area contributed by atoms with Crippen molar-refractivity contribution in [2.45, 2.75) is 6.92 Å². The predicted molar refractivity (Wildman–Crippen MR) is 72.0 cm³/mol. The maximum absolute atomic E-state index is 11.0. The summed E-state index contributed by atoms with van der Waals surface area (Å²) in [7, 11) is 3.94. The second-order valence-corrected chi connectivity index (χ2v) is 3.86. The highest BCUT2D eigenvalue weighted by atomic mass is 16.5. The number of benzene rings is 1. The number of rotatable bonds is 6. The summed E-state index contributed by atoms with van der Waals surface area (Å²) in [6.45, 7) is 2.50. The van der Waals surface area contributed by atoms with Gasteiger partial charge in [-0.15, -0.1) is 0 Å². The fraction of sp³-hybridized carbons (Fsp3) is 0.357. The quantitative estimate of drug-likeness (QED) is 0.572. The second-order valence-electron chi connectivity index (χ2n) is 3.86. The van der Waals surface area contributed by atoms with Crippen molar-refractivity contribution in [2.24, 2.45) is 0 Å². The number of esters is 1. The molecule has 4 heteroatoms. The molecule has 0 N–H and O–H groups in total. The third kappa shape index (κ3) is 4.91. The van der Waals surface area contributed by atoms with Crippen LogP contribution in [-0.4, -0.2) is 33.3 Å². The molecule has 0 aromatic heterocycles. The van der Waals surface area contributed by atoms with Crippen LogP contribution in [0.3, 0.4) is 0 Å². The van der Waals surface area contributed by atoms with E-state index in [1.165, 1.54) is 6.08 Å². The Morgan fingerprint density at radius 1 is 1.39 bits per heavy atom. The van der Waals surface area contributed by atoms with Crippen molar-refractivity contribution < 1.29 is 14.3 Å². The van der Waals surface area contributed by atoms with Gasteiger partial charge in [-0.2, -0.15) is 0 Å². The maximum Gasteiger partial charge on any atom is 0.330 e. The van der Waals surface area contributed by atoms with Crippen LogP contribution in [0.25, 0.3) is 0 Å². The standard InChI is InChI=1S/C14H19NO3/c1-4-17-14(16)9-6-10-18-13-8-5-7-12(11-13)15(2)3/h5-9,11H,4,10H2,1-3H3/b9-6+. The fourth-order valence-corrected chi connectivity index (χ4v) is 1.33. The Kier molecular flexibility index (Phi) is 5.77. The van der Waals surface area contributed by atoms with Crippen LogP contribution >= 0.6 is 0 Å². The highest BCUT2D eigenvalue weighted by Crippen LogP contribution is 2.19. The minimum atomic E-state index is -0.344. The Labute approximate surface area is 108 Å². The third-order valence-corrected chi connectivity index (χ3v) is 2.22. The van der Waals surface area contributed by atoms with E-state index in [4.69, 9.17) is 9.47 Å². The molecule has 0 spiro atoms. The van der Waals surface area contributed by atoms with Gasteiger partial charge in [0.05, 0.1) is 6.61 Å². The lowest BCUT2D eigenvalue weighted by molar-refractivity contribution is -0.137. The van der Waals surface area contributed by atoms with Crippen molar-refractivity contribution in [3.63, 3.8) is 0 Å². The van der Waals surface area contributed by atoms with E-state index in [-0.39, 0.29) is 5.97 Å². The molecule has 0 radical (unpaired) electrons. The lowest BCUT2D eigenvalue weighted by atomic mass is 10.3. The fourth-order valence-electron chi connectivity index (χ4n) is 1.33. The topological polar surface area (TPSA) is 38.8 Å². The van der Waals surface area contributed by atoms with E-state index in [2.05, 4.69) is 0 Å². The minimum absolute atomic E-state index is 0.343. The third-order valence-electron chi connectivity index (χ3n) is 2.22. The smallest absolute Gasteiger partial charge is 0.330 e. The van der Waals surface area contributed by atoms with Crippen molar-refractivity contribution in [2.75, 3.05) is 32.2 Å². The molecule has 0 saturated heterocycles. The van der Waals surface area contributed by atoms with Gasteiger partial charge < -0.3 is 14.4 Å². The van der Waals surface area contributed by atoms with Gasteiger partial charge in [-0.05, 0) is 25.1 Å². The first-order valence-corrected chi connectivity index (χ1v) is 5.87. The molecule has 1 rings (SSSR count). The number of carbonyl (C=O) groups excluding carboxylic acids is 1. The molecule has 98 valence electrons. The number of ether oxygens (including phenoxy) is 2. The molecule has 0 aliphatic carbocycles. The zero-order chi connectivity index (χ0) is 13.4. The van der Waals surface area contributed by atoms with E-state index in [1.807, 2.05) is 43.3 Å². The summed E-state index contributed by atoms with van der Waals surface area (Å²) in [5, 5.41) is 0. The SMILES string of the molecule is CCOC(=O)/C=C/COc1cccc(N(C)C)c1. The molecule has 0 atom stereocenters. The Balaban J connectivity index is 2.44. The molecule has 0 aliphatic rings. The van der Waals surface area contributed by atoms with Gasteiger partial charge in [-0.3, -0.25) is 0 Å².